The quantitative estimate of drug-likeness (QED) is 0.550. The highest BCUT2D eigenvalue weighted by Crippen LogP contribution is 2.45. The second-order valence-corrected chi connectivity index (χ2v) is 2.61. The van der Waals surface area contributed by atoms with Crippen molar-refractivity contribution < 1.29 is 36.4 Å². The van der Waals surface area contributed by atoms with Crippen molar-refractivity contribution in [3.63, 3.8) is 0 Å². The van der Waals surface area contributed by atoms with Gasteiger partial charge >= 0.3 is 7.82 Å². The first kappa shape index (κ1) is 10.8. The van der Waals surface area contributed by atoms with Crippen LogP contribution in [0.4, 0.5) is 17.7 Å². The minimum absolute atomic E-state index is 2.17. The highest BCUT2D eigenvalue weighted by atomic mass is 31.2. The van der Waals surface area contributed by atoms with Crippen LogP contribution in [0.3, 0.4) is 0 Å². The molecule has 0 aliphatic rings. The summed E-state index contributed by atoms with van der Waals surface area (Å²) in [5, 5.41) is 0. The summed E-state index contributed by atoms with van der Waals surface area (Å²) in [4.78, 5) is 7.91. The summed E-state index contributed by atoms with van der Waals surface area (Å²) in [5.74, 6) is 0. The lowest BCUT2D eigenvalue weighted by molar-refractivity contribution is -0.114. The third-order valence-corrected chi connectivity index (χ3v) is 1.16. The van der Waals surface area contributed by atoms with Crippen molar-refractivity contribution in [1.29, 1.82) is 0 Å². The number of phosphoric ester groups is 1. The molecule has 11 heavy (non-hydrogen) atoms. The van der Waals surface area contributed by atoms with E-state index in [0.29, 0.717) is 0 Å². The van der Waals surface area contributed by atoms with Gasteiger partial charge < -0.3 is 4.89 Å². The molecule has 0 aromatic carbocycles. The Morgan fingerprint density at radius 3 is 2.09 bits per heavy atom. The van der Waals surface area contributed by atoms with Crippen LogP contribution in [0.5, 0.6) is 0 Å². The van der Waals surface area contributed by atoms with E-state index in [4.69, 9.17) is 4.89 Å². The van der Waals surface area contributed by atoms with Crippen molar-refractivity contribution in [2.75, 3.05) is 0 Å². The van der Waals surface area contributed by atoms with Crippen LogP contribution >= 0.6 is 7.82 Å². The highest BCUT2D eigenvalue weighted by Gasteiger charge is 2.32. The van der Waals surface area contributed by atoms with Gasteiger partial charge in [0.25, 0.3) is 12.8 Å². The molecule has 0 aliphatic carbocycles. The SMILES string of the molecule is O=P(O)(OF)OC(F)C(F)F. The Hall–Kier alpha value is -0.170. The zero-order valence-corrected chi connectivity index (χ0v) is 5.68. The van der Waals surface area contributed by atoms with Crippen LogP contribution in [0, 0.1) is 0 Å². The van der Waals surface area contributed by atoms with E-state index >= 15 is 0 Å². The standard InChI is InChI=1S/C2H3F4O4P/c3-1(4)2(5)9-11(7,8)10-6/h1-2H,(H,7,8). The van der Waals surface area contributed by atoms with Gasteiger partial charge in [0.1, 0.15) is 0 Å². The summed E-state index contributed by atoms with van der Waals surface area (Å²) in [7, 11) is -5.31. The Balaban J connectivity index is 3.94. The fourth-order valence-electron chi connectivity index (χ4n) is 0.190. The Kier molecular flexibility index (Phi) is 3.95. The molecular formula is C2H3F4O4P. The van der Waals surface area contributed by atoms with Gasteiger partial charge in [0.05, 0.1) is 0 Å². The van der Waals surface area contributed by atoms with Crippen LogP contribution in [0.2, 0.25) is 0 Å². The molecule has 0 aromatic rings. The third-order valence-electron chi connectivity index (χ3n) is 0.519. The molecule has 0 heterocycles. The molecule has 0 aromatic heterocycles. The molecule has 0 rings (SSSR count). The molecule has 2 unspecified atom stereocenters. The van der Waals surface area contributed by atoms with Crippen molar-refractivity contribution in [2.24, 2.45) is 0 Å². The zero-order chi connectivity index (χ0) is 9.07. The number of hydrogen-bond donors (Lipinski definition) is 1. The summed E-state index contributed by atoms with van der Waals surface area (Å²) < 4.78 is 59.9. The summed E-state index contributed by atoms with van der Waals surface area (Å²) in [6, 6.07) is 0. The molecule has 9 heteroatoms. The van der Waals surface area contributed by atoms with Crippen LogP contribution in [-0.4, -0.2) is 17.7 Å². The second-order valence-electron chi connectivity index (χ2n) is 1.33. The normalized spacial score (nSPS) is 19.8. The summed E-state index contributed by atoms with van der Waals surface area (Å²) in [5.41, 5.74) is 0. The van der Waals surface area contributed by atoms with Gasteiger partial charge in [0, 0.05) is 0 Å². The molecule has 2 atom stereocenters. The van der Waals surface area contributed by atoms with Gasteiger partial charge in [-0.05, 0) is 4.53 Å². The van der Waals surface area contributed by atoms with Gasteiger partial charge in [-0.25, -0.2) is 22.3 Å². The van der Waals surface area contributed by atoms with E-state index in [0.717, 1.165) is 0 Å². The Morgan fingerprint density at radius 1 is 1.36 bits per heavy atom. The summed E-state index contributed by atoms with van der Waals surface area (Å²) in [6.07, 6.45) is -6.98. The molecule has 68 valence electrons. The first-order chi connectivity index (χ1) is 4.89. The predicted octanol–water partition coefficient (Wildman–Crippen LogP) is 1.57. The van der Waals surface area contributed by atoms with Crippen LogP contribution < -0.4 is 0 Å². The van der Waals surface area contributed by atoms with E-state index in [9.17, 15) is 22.3 Å². The van der Waals surface area contributed by atoms with Crippen LogP contribution in [0.1, 0.15) is 0 Å². The van der Waals surface area contributed by atoms with Crippen molar-refractivity contribution in [3.05, 3.63) is 0 Å². The Bertz CT molecular complexity index is 162. The Labute approximate surface area is 58.2 Å². The fourth-order valence-corrected chi connectivity index (χ4v) is 0.569. The molecule has 0 fully saturated rings. The molecule has 0 spiro atoms. The lowest BCUT2D eigenvalue weighted by atomic mass is 10.7. The van der Waals surface area contributed by atoms with Crippen molar-refractivity contribution in [3.8, 4) is 0 Å². The summed E-state index contributed by atoms with van der Waals surface area (Å²) >= 11 is 0. The fraction of sp³-hybridized carbons (Fsp3) is 1.00. The van der Waals surface area contributed by atoms with Crippen molar-refractivity contribution in [1.82, 2.24) is 0 Å². The molecule has 0 amide bonds. The lowest BCUT2D eigenvalue weighted by Gasteiger charge is -2.09. The first-order valence-electron chi connectivity index (χ1n) is 2.13. The van der Waals surface area contributed by atoms with E-state index in [-0.39, 0.29) is 0 Å². The molecule has 0 saturated carbocycles. The number of alkyl halides is 3. The number of halogens is 4. The molecular weight excluding hydrogens is 195 g/mol. The van der Waals surface area contributed by atoms with Crippen LogP contribution in [-0.2, 0) is 13.8 Å². The number of rotatable bonds is 4. The van der Waals surface area contributed by atoms with Gasteiger partial charge in [0.2, 0.25) is 0 Å². The molecule has 4 nitrogen and oxygen atoms in total. The van der Waals surface area contributed by atoms with E-state index < -0.39 is 20.6 Å². The van der Waals surface area contributed by atoms with Gasteiger partial charge in [-0.3, -0.25) is 0 Å². The molecule has 0 bridgehead atoms. The van der Waals surface area contributed by atoms with Gasteiger partial charge in [-0.2, -0.15) is 0 Å². The van der Waals surface area contributed by atoms with Crippen LogP contribution in [0.25, 0.3) is 0 Å². The van der Waals surface area contributed by atoms with E-state index in [1.807, 2.05) is 0 Å². The van der Waals surface area contributed by atoms with Crippen LogP contribution in [0.15, 0.2) is 0 Å². The number of phosphoric acid groups is 1. The topological polar surface area (TPSA) is 55.8 Å². The lowest BCUT2D eigenvalue weighted by Crippen LogP contribution is -2.14. The average molecular weight is 198 g/mol. The maximum absolute atomic E-state index is 11.7. The van der Waals surface area contributed by atoms with Crippen molar-refractivity contribution >= 4 is 7.82 Å². The number of hydrogen-bond acceptors (Lipinski definition) is 3. The average Bonchev–Trinajstić information content (AvgIpc) is 1.87. The van der Waals surface area contributed by atoms with E-state index in [1.54, 1.807) is 0 Å². The molecule has 0 saturated heterocycles. The summed E-state index contributed by atoms with van der Waals surface area (Å²) in [6.45, 7) is 0. The molecule has 0 aliphatic heterocycles. The monoisotopic (exact) mass is 198 g/mol. The first-order valence-corrected chi connectivity index (χ1v) is 3.62. The minimum atomic E-state index is -5.31. The smallest absolute Gasteiger partial charge is 0.301 e. The van der Waals surface area contributed by atoms with Gasteiger partial charge in [-0.15, -0.1) is 0 Å². The van der Waals surface area contributed by atoms with Gasteiger partial charge in [-0.1, -0.05) is 4.73 Å². The maximum Gasteiger partial charge on any atom is 0.506 e. The highest BCUT2D eigenvalue weighted by molar-refractivity contribution is 7.47. The Morgan fingerprint density at radius 2 is 1.82 bits per heavy atom. The minimum Gasteiger partial charge on any atom is -0.301 e. The van der Waals surface area contributed by atoms with Gasteiger partial charge in [0.15, 0.2) is 0 Å². The predicted molar refractivity (Wildman–Crippen MR) is 24.0 cm³/mol. The zero-order valence-electron chi connectivity index (χ0n) is 4.79. The molecule has 1 N–H and O–H groups in total. The third kappa shape index (κ3) is 4.31. The van der Waals surface area contributed by atoms with E-state index in [1.165, 1.54) is 0 Å². The molecule has 0 radical (unpaired) electrons. The second kappa shape index (κ2) is 4.01. The van der Waals surface area contributed by atoms with Crippen molar-refractivity contribution in [2.45, 2.75) is 12.8 Å². The maximum atomic E-state index is 11.7. The largest absolute Gasteiger partial charge is 0.506 e. The van der Waals surface area contributed by atoms with E-state index in [2.05, 4.69) is 9.25 Å².